The first kappa shape index (κ1) is 19.7. The molecule has 3 aromatic rings. The van der Waals surface area contributed by atoms with E-state index in [0.717, 1.165) is 11.1 Å². The third-order valence-electron chi connectivity index (χ3n) is 4.07. The van der Waals surface area contributed by atoms with Crippen molar-refractivity contribution < 1.29 is 14.5 Å². The van der Waals surface area contributed by atoms with Crippen LogP contribution in [0.5, 0.6) is 0 Å². The predicted octanol–water partition coefficient (Wildman–Crippen LogP) is 4.28. The molecule has 3 rings (SSSR count). The van der Waals surface area contributed by atoms with E-state index >= 15 is 0 Å². The average Bonchev–Trinajstić information content (AvgIpc) is 2.67. The standard InChI is InChI=1S/C20H19N5O4/c1-12-8-13(2)10-14(9-12)23-18-17(25(27)28)19(22-11-21-18)24-16-7-5-4-6-15(16)20(26)29-3/h4-11H,1-3H3,(H2,21,22,23,24). The van der Waals surface area contributed by atoms with Gasteiger partial charge in [-0.2, -0.15) is 0 Å². The maximum atomic E-state index is 12.0. The van der Waals surface area contributed by atoms with Crippen molar-refractivity contribution >= 4 is 34.7 Å². The summed E-state index contributed by atoms with van der Waals surface area (Å²) >= 11 is 0. The van der Waals surface area contributed by atoms with E-state index in [9.17, 15) is 14.9 Å². The van der Waals surface area contributed by atoms with Crippen LogP contribution in [0, 0.1) is 24.0 Å². The van der Waals surface area contributed by atoms with Crippen molar-refractivity contribution in [2.75, 3.05) is 17.7 Å². The molecular formula is C20H19N5O4. The number of carbonyl (C=O) groups is 1. The number of aryl methyl sites for hydroxylation is 2. The number of rotatable bonds is 6. The summed E-state index contributed by atoms with van der Waals surface area (Å²) in [7, 11) is 1.26. The SMILES string of the molecule is COC(=O)c1ccccc1Nc1ncnc(Nc2cc(C)cc(C)c2)c1[N+](=O)[O-]. The molecule has 0 aliphatic heterocycles. The second-order valence-corrected chi connectivity index (χ2v) is 6.34. The van der Waals surface area contributed by atoms with Crippen molar-refractivity contribution in [1.82, 2.24) is 9.97 Å². The minimum Gasteiger partial charge on any atom is -0.465 e. The summed E-state index contributed by atoms with van der Waals surface area (Å²) in [5.41, 5.74) is 2.91. The summed E-state index contributed by atoms with van der Waals surface area (Å²) in [4.78, 5) is 31.2. The first-order valence-electron chi connectivity index (χ1n) is 8.68. The zero-order chi connectivity index (χ0) is 21.0. The molecule has 0 radical (unpaired) electrons. The fraction of sp³-hybridized carbons (Fsp3) is 0.150. The number of benzene rings is 2. The molecule has 29 heavy (non-hydrogen) atoms. The molecule has 0 amide bonds. The number of carbonyl (C=O) groups excluding carboxylic acids is 1. The van der Waals surface area contributed by atoms with E-state index in [-0.39, 0.29) is 22.9 Å². The number of esters is 1. The molecule has 2 aromatic carbocycles. The summed E-state index contributed by atoms with van der Waals surface area (Å²) in [5.74, 6) is -0.584. The van der Waals surface area contributed by atoms with Crippen LogP contribution < -0.4 is 10.6 Å². The summed E-state index contributed by atoms with van der Waals surface area (Å²) in [6, 6.07) is 12.2. The Labute approximate surface area is 166 Å². The Morgan fingerprint density at radius 1 is 1.03 bits per heavy atom. The van der Waals surface area contributed by atoms with Gasteiger partial charge in [0.25, 0.3) is 0 Å². The van der Waals surface area contributed by atoms with Crippen molar-refractivity contribution in [3.63, 3.8) is 0 Å². The highest BCUT2D eigenvalue weighted by atomic mass is 16.6. The van der Waals surface area contributed by atoms with Gasteiger partial charge in [0.1, 0.15) is 6.33 Å². The summed E-state index contributed by atoms with van der Waals surface area (Å²) < 4.78 is 4.76. The van der Waals surface area contributed by atoms with Crippen molar-refractivity contribution in [2.24, 2.45) is 0 Å². The topological polar surface area (TPSA) is 119 Å². The van der Waals surface area contributed by atoms with Crippen molar-refractivity contribution in [2.45, 2.75) is 13.8 Å². The number of methoxy groups -OCH3 is 1. The number of hydrogen-bond donors (Lipinski definition) is 2. The maximum Gasteiger partial charge on any atom is 0.353 e. The Bertz CT molecular complexity index is 1060. The molecule has 0 atom stereocenters. The minimum atomic E-state index is -0.575. The van der Waals surface area contributed by atoms with E-state index in [0.29, 0.717) is 11.4 Å². The normalized spacial score (nSPS) is 10.3. The van der Waals surface area contributed by atoms with E-state index in [1.54, 1.807) is 24.3 Å². The van der Waals surface area contributed by atoms with Crippen LogP contribution in [0.3, 0.4) is 0 Å². The quantitative estimate of drug-likeness (QED) is 0.362. The van der Waals surface area contributed by atoms with Crippen LogP contribution in [0.4, 0.5) is 28.7 Å². The molecule has 0 aliphatic rings. The Balaban J connectivity index is 2.02. The van der Waals surface area contributed by atoms with Gasteiger partial charge in [-0.25, -0.2) is 14.8 Å². The fourth-order valence-corrected chi connectivity index (χ4v) is 2.93. The number of nitrogens with one attached hydrogen (secondary N) is 2. The van der Waals surface area contributed by atoms with Gasteiger partial charge in [-0.15, -0.1) is 0 Å². The Morgan fingerprint density at radius 2 is 1.66 bits per heavy atom. The van der Waals surface area contributed by atoms with Gasteiger partial charge in [0.15, 0.2) is 0 Å². The predicted molar refractivity (Wildman–Crippen MR) is 109 cm³/mol. The van der Waals surface area contributed by atoms with Gasteiger partial charge >= 0.3 is 11.7 Å². The molecule has 0 bridgehead atoms. The molecule has 0 unspecified atom stereocenters. The van der Waals surface area contributed by atoms with Gasteiger partial charge in [0.2, 0.25) is 11.6 Å². The molecule has 2 N–H and O–H groups in total. The largest absolute Gasteiger partial charge is 0.465 e. The van der Waals surface area contributed by atoms with Crippen LogP contribution in [0.25, 0.3) is 0 Å². The molecule has 1 heterocycles. The van der Waals surface area contributed by atoms with Gasteiger partial charge in [-0.3, -0.25) is 10.1 Å². The van der Waals surface area contributed by atoms with Gasteiger partial charge in [-0.1, -0.05) is 18.2 Å². The van der Waals surface area contributed by atoms with Gasteiger partial charge in [-0.05, 0) is 49.2 Å². The second kappa shape index (κ2) is 8.34. The van der Waals surface area contributed by atoms with E-state index in [2.05, 4.69) is 20.6 Å². The summed E-state index contributed by atoms with van der Waals surface area (Å²) in [6.45, 7) is 3.87. The highest BCUT2D eigenvalue weighted by Crippen LogP contribution is 2.34. The van der Waals surface area contributed by atoms with Crippen molar-refractivity contribution in [3.8, 4) is 0 Å². The number of ether oxygens (including phenoxy) is 1. The first-order chi connectivity index (χ1) is 13.9. The number of anilines is 4. The van der Waals surface area contributed by atoms with E-state index in [1.807, 2.05) is 32.0 Å². The van der Waals surface area contributed by atoms with Crippen LogP contribution >= 0.6 is 0 Å². The van der Waals surface area contributed by atoms with Crippen LogP contribution in [0.15, 0.2) is 48.8 Å². The van der Waals surface area contributed by atoms with Crippen molar-refractivity contribution in [1.29, 1.82) is 0 Å². The number of aromatic nitrogens is 2. The zero-order valence-corrected chi connectivity index (χ0v) is 16.1. The Kier molecular flexibility index (Phi) is 5.68. The molecule has 0 aliphatic carbocycles. The number of nitrogens with zero attached hydrogens (tertiary/aromatic N) is 3. The molecule has 148 valence electrons. The molecular weight excluding hydrogens is 374 g/mol. The lowest BCUT2D eigenvalue weighted by atomic mass is 10.1. The Hall–Kier alpha value is -4.01. The number of hydrogen-bond acceptors (Lipinski definition) is 8. The van der Waals surface area contributed by atoms with Gasteiger partial charge in [0.05, 0.1) is 23.3 Å². The van der Waals surface area contributed by atoms with Crippen LogP contribution in [-0.4, -0.2) is 28.0 Å². The number of nitro groups is 1. The van der Waals surface area contributed by atoms with Crippen LogP contribution in [0.2, 0.25) is 0 Å². The lowest BCUT2D eigenvalue weighted by Crippen LogP contribution is -2.09. The minimum absolute atomic E-state index is 0.0352. The van der Waals surface area contributed by atoms with Gasteiger partial charge < -0.3 is 15.4 Å². The molecule has 0 saturated heterocycles. The number of para-hydroxylation sites is 1. The molecule has 0 fully saturated rings. The van der Waals surface area contributed by atoms with E-state index in [4.69, 9.17) is 4.74 Å². The fourth-order valence-electron chi connectivity index (χ4n) is 2.93. The molecule has 9 heteroatoms. The zero-order valence-electron chi connectivity index (χ0n) is 16.1. The summed E-state index contributed by atoms with van der Waals surface area (Å²) in [6.07, 6.45) is 1.21. The third-order valence-corrected chi connectivity index (χ3v) is 4.07. The second-order valence-electron chi connectivity index (χ2n) is 6.34. The third kappa shape index (κ3) is 4.46. The van der Waals surface area contributed by atoms with Crippen molar-refractivity contribution in [3.05, 3.63) is 75.6 Å². The Morgan fingerprint density at radius 3 is 2.28 bits per heavy atom. The first-order valence-corrected chi connectivity index (χ1v) is 8.68. The van der Waals surface area contributed by atoms with Crippen LogP contribution in [-0.2, 0) is 4.74 Å². The van der Waals surface area contributed by atoms with E-state index < -0.39 is 10.9 Å². The highest BCUT2D eigenvalue weighted by molar-refractivity contribution is 5.96. The monoisotopic (exact) mass is 393 g/mol. The lowest BCUT2D eigenvalue weighted by molar-refractivity contribution is -0.383. The van der Waals surface area contributed by atoms with Gasteiger partial charge in [0, 0.05) is 5.69 Å². The summed E-state index contributed by atoms with van der Waals surface area (Å²) in [5, 5.41) is 17.6. The van der Waals surface area contributed by atoms with Crippen LogP contribution in [0.1, 0.15) is 21.5 Å². The van der Waals surface area contributed by atoms with E-state index in [1.165, 1.54) is 13.4 Å². The molecule has 9 nitrogen and oxygen atoms in total. The highest BCUT2D eigenvalue weighted by Gasteiger charge is 2.24. The maximum absolute atomic E-state index is 12.0. The lowest BCUT2D eigenvalue weighted by Gasteiger charge is -2.12. The average molecular weight is 393 g/mol. The molecule has 1 aromatic heterocycles. The smallest absolute Gasteiger partial charge is 0.353 e. The molecule has 0 saturated carbocycles. The molecule has 0 spiro atoms.